The van der Waals surface area contributed by atoms with Crippen LogP contribution in [0.15, 0.2) is 48.9 Å². The number of nitrogens with zero attached hydrogens (tertiary/aromatic N) is 6. The number of carbonyl (C=O) groups excluding carboxylic acids is 1. The third kappa shape index (κ3) is 3.99. The first-order valence-corrected chi connectivity index (χ1v) is 9.16. The van der Waals surface area contributed by atoms with E-state index >= 15 is 0 Å². The van der Waals surface area contributed by atoms with E-state index in [1.165, 1.54) is 0 Å². The van der Waals surface area contributed by atoms with Crippen molar-refractivity contribution in [3.8, 4) is 5.75 Å². The number of aromatic nitrogens is 4. The van der Waals surface area contributed by atoms with E-state index in [1.54, 1.807) is 12.5 Å². The highest BCUT2D eigenvalue weighted by Gasteiger charge is 2.22. The van der Waals surface area contributed by atoms with E-state index in [4.69, 9.17) is 4.74 Å². The summed E-state index contributed by atoms with van der Waals surface area (Å²) >= 11 is 0. The number of carbonyl (C=O) groups is 1. The molecule has 0 N–H and O–H groups in total. The summed E-state index contributed by atoms with van der Waals surface area (Å²) in [6.07, 6.45) is 4.64. The zero-order valence-corrected chi connectivity index (χ0v) is 15.1. The Balaban J connectivity index is 1.24. The Bertz CT molecular complexity index is 889. The van der Waals surface area contributed by atoms with Crippen molar-refractivity contribution in [2.75, 3.05) is 37.7 Å². The Kier molecular flexibility index (Phi) is 5.13. The maximum atomic E-state index is 12.4. The van der Waals surface area contributed by atoms with Gasteiger partial charge in [0.2, 0.25) is 5.91 Å². The quantitative estimate of drug-likeness (QED) is 0.617. The summed E-state index contributed by atoms with van der Waals surface area (Å²) in [6, 6.07) is 11.6. The van der Waals surface area contributed by atoms with E-state index in [2.05, 4.69) is 20.1 Å². The molecule has 1 amide bonds. The van der Waals surface area contributed by atoms with Crippen molar-refractivity contribution in [2.24, 2.45) is 0 Å². The highest BCUT2D eigenvalue weighted by molar-refractivity contribution is 5.76. The molecule has 1 aliphatic heterocycles. The molecule has 27 heavy (non-hydrogen) atoms. The number of anilines is 1. The highest BCUT2D eigenvalue weighted by Crippen LogP contribution is 2.17. The van der Waals surface area contributed by atoms with Gasteiger partial charge in [0.15, 0.2) is 0 Å². The molecule has 4 rings (SSSR count). The molecule has 0 unspecified atom stereocenters. The molecule has 0 saturated carbocycles. The minimum atomic E-state index is 0.190. The van der Waals surface area contributed by atoms with Crippen molar-refractivity contribution in [1.82, 2.24) is 24.5 Å². The van der Waals surface area contributed by atoms with E-state index in [1.807, 2.05) is 45.7 Å². The third-order valence-electron chi connectivity index (χ3n) is 4.69. The lowest BCUT2D eigenvalue weighted by Gasteiger charge is -2.36. The van der Waals surface area contributed by atoms with Gasteiger partial charge in [-0.3, -0.25) is 9.20 Å². The predicted octanol–water partition coefficient (Wildman–Crippen LogP) is 1.63. The fourth-order valence-corrected chi connectivity index (χ4v) is 3.26. The lowest BCUT2D eigenvalue weighted by molar-refractivity contribution is -0.131. The number of para-hydroxylation sites is 1. The second-order valence-corrected chi connectivity index (χ2v) is 6.44. The summed E-state index contributed by atoms with van der Waals surface area (Å²) in [6.45, 7) is 3.54. The lowest BCUT2D eigenvalue weighted by Crippen LogP contribution is -2.49. The van der Waals surface area contributed by atoms with Crippen LogP contribution in [-0.4, -0.2) is 63.2 Å². The summed E-state index contributed by atoms with van der Waals surface area (Å²) in [5, 5.41) is 7.89. The van der Waals surface area contributed by atoms with E-state index in [0.29, 0.717) is 31.9 Å². The molecular formula is C19H22N6O2. The van der Waals surface area contributed by atoms with Crippen molar-refractivity contribution in [3.63, 3.8) is 0 Å². The first-order valence-electron chi connectivity index (χ1n) is 9.16. The fourth-order valence-electron chi connectivity index (χ4n) is 3.26. The number of piperazine rings is 1. The number of ether oxygens (including phenoxy) is 1. The summed E-state index contributed by atoms with van der Waals surface area (Å²) in [7, 11) is 0. The number of benzene rings is 1. The van der Waals surface area contributed by atoms with E-state index < -0.39 is 0 Å². The normalized spacial score (nSPS) is 14.5. The second kappa shape index (κ2) is 8.03. The van der Waals surface area contributed by atoms with Crippen LogP contribution < -0.4 is 9.64 Å². The zero-order chi connectivity index (χ0) is 18.5. The molecule has 3 heterocycles. The Hall–Kier alpha value is -3.16. The van der Waals surface area contributed by atoms with E-state index in [0.717, 1.165) is 31.1 Å². The van der Waals surface area contributed by atoms with Gasteiger partial charge in [-0.1, -0.05) is 18.2 Å². The summed E-state index contributed by atoms with van der Waals surface area (Å²) in [5.74, 6) is 2.63. The van der Waals surface area contributed by atoms with Gasteiger partial charge in [-0.25, -0.2) is 4.98 Å². The maximum Gasteiger partial charge on any atom is 0.256 e. The van der Waals surface area contributed by atoms with Crippen LogP contribution in [-0.2, 0) is 4.79 Å². The van der Waals surface area contributed by atoms with Crippen molar-refractivity contribution in [3.05, 3.63) is 48.9 Å². The summed E-state index contributed by atoms with van der Waals surface area (Å²) in [4.78, 5) is 20.8. The van der Waals surface area contributed by atoms with Gasteiger partial charge in [0.25, 0.3) is 5.78 Å². The lowest BCUT2D eigenvalue weighted by atomic mass is 10.2. The third-order valence-corrected chi connectivity index (χ3v) is 4.69. The Morgan fingerprint density at radius 1 is 1.07 bits per heavy atom. The van der Waals surface area contributed by atoms with Gasteiger partial charge in [-0.05, 0) is 24.6 Å². The van der Waals surface area contributed by atoms with Gasteiger partial charge >= 0.3 is 0 Å². The van der Waals surface area contributed by atoms with Gasteiger partial charge in [-0.15, -0.1) is 10.2 Å². The summed E-state index contributed by atoms with van der Waals surface area (Å²) in [5.41, 5.74) is 0. The molecule has 1 aromatic carbocycles. The largest absolute Gasteiger partial charge is 0.494 e. The zero-order valence-electron chi connectivity index (χ0n) is 15.1. The molecule has 8 heteroatoms. The standard InChI is InChI=1S/C19H22N6O2/c26-18(7-4-14-27-16-5-2-1-3-6-16)24-12-10-23(11-13-24)17-8-9-20-19-22-21-15-25(17)19/h1-3,5-6,8-9,15H,4,7,10-14H2. The second-order valence-electron chi connectivity index (χ2n) is 6.44. The number of fused-ring (bicyclic) bond motifs is 1. The molecular weight excluding hydrogens is 344 g/mol. The van der Waals surface area contributed by atoms with Crippen LogP contribution in [0.25, 0.3) is 5.78 Å². The molecule has 1 fully saturated rings. The SMILES string of the molecule is O=C(CCCOc1ccccc1)N1CCN(c2ccnc3nncn23)CC1. The molecule has 0 spiro atoms. The van der Waals surface area contributed by atoms with E-state index in [-0.39, 0.29) is 5.91 Å². The number of hydrogen-bond acceptors (Lipinski definition) is 6. The Morgan fingerprint density at radius 2 is 1.89 bits per heavy atom. The summed E-state index contributed by atoms with van der Waals surface area (Å²) < 4.78 is 7.53. The van der Waals surface area contributed by atoms with Crippen LogP contribution in [0.3, 0.4) is 0 Å². The monoisotopic (exact) mass is 366 g/mol. The van der Waals surface area contributed by atoms with Crippen LogP contribution in [0.4, 0.5) is 5.82 Å². The van der Waals surface area contributed by atoms with Gasteiger partial charge in [0, 0.05) is 38.8 Å². The average Bonchev–Trinajstić information content (AvgIpc) is 3.21. The minimum absolute atomic E-state index is 0.190. The van der Waals surface area contributed by atoms with Gasteiger partial charge in [-0.2, -0.15) is 0 Å². The van der Waals surface area contributed by atoms with Gasteiger partial charge < -0.3 is 14.5 Å². The molecule has 0 bridgehead atoms. The molecule has 8 nitrogen and oxygen atoms in total. The van der Waals surface area contributed by atoms with Crippen molar-refractivity contribution >= 4 is 17.5 Å². The average molecular weight is 366 g/mol. The van der Waals surface area contributed by atoms with Crippen molar-refractivity contribution in [1.29, 1.82) is 0 Å². The fraction of sp³-hybridized carbons (Fsp3) is 0.368. The number of amides is 1. The van der Waals surface area contributed by atoms with Crippen molar-refractivity contribution in [2.45, 2.75) is 12.8 Å². The molecule has 3 aromatic rings. The smallest absolute Gasteiger partial charge is 0.256 e. The molecule has 2 aromatic heterocycles. The van der Waals surface area contributed by atoms with E-state index in [9.17, 15) is 4.79 Å². The van der Waals surface area contributed by atoms with Crippen LogP contribution >= 0.6 is 0 Å². The molecule has 1 saturated heterocycles. The molecule has 0 radical (unpaired) electrons. The van der Waals surface area contributed by atoms with Crippen LogP contribution in [0, 0.1) is 0 Å². The Morgan fingerprint density at radius 3 is 2.70 bits per heavy atom. The Labute approximate surface area is 157 Å². The highest BCUT2D eigenvalue weighted by atomic mass is 16.5. The maximum absolute atomic E-state index is 12.4. The molecule has 140 valence electrons. The number of rotatable bonds is 6. The predicted molar refractivity (Wildman–Crippen MR) is 101 cm³/mol. The topological polar surface area (TPSA) is 75.9 Å². The minimum Gasteiger partial charge on any atom is -0.494 e. The molecule has 1 aliphatic rings. The van der Waals surface area contributed by atoms with Gasteiger partial charge in [0.1, 0.15) is 17.9 Å². The molecule has 0 atom stereocenters. The van der Waals surface area contributed by atoms with Crippen molar-refractivity contribution < 1.29 is 9.53 Å². The first kappa shape index (κ1) is 17.3. The molecule has 0 aliphatic carbocycles. The van der Waals surface area contributed by atoms with Crippen LogP contribution in [0.5, 0.6) is 5.75 Å². The van der Waals surface area contributed by atoms with Gasteiger partial charge in [0.05, 0.1) is 6.61 Å². The number of hydrogen-bond donors (Lipinski definition) is 0. The first-order chi connectivity index (χ1) is 13.3. The van der Waals surface area contributed by atoms with Crippen LogP contribution in [0.2, 0.25) is 0 Å². The van der Waals surface area contributed by atoms with Crippen LogP contribution in [0.1, 0.15) is 12.8 Å².